The smallest absolute Gasteiger partial charge is 0.0560 e. The summed E-state index contributed by atoms with van der Waals surface area (Å²) in [5.74, 6) is 3.46. The summed E-state index contributed by atoms with van der Waals surface area (Å²) in [5.41, 5.74) is 0. The second-order valence-corrected chi connectivity index (χ2v) is 11.0. The Morgan fingerprint density at radius 3 is 2.20 bits per heavy atom. The van der Waals surface area contributed by atoms with Crippen molar-refractivity contribution in [3.8, 4) is 0 Å². The molecule has 0 saturated carbocycles. The van der Waals surface area contributed by atoms with Gasteiger partial charge in [0.15, 0.2) is 0 Å². The maximum absolute atomic E-state index is 2.37. The zero-order valence-electron chi connectivity index (χ0n) is 10.8. The van der Waals surface area contributed by atoms with Gasteiger partial charge in [-0.25, -0.2) is 0 Å². The molecule has 3 heteroatoms. The molecule has 1 heterocycles. The molecule has 1 rings (SSSR count). The van der Waals surface area contributed by atoms with Crippen LogP contribution >= 0.6 is 35.3 Å². The summed E-state index contributed by atoms with van der Waals surface area (Å²) in [6.45, 7) is 14.1. The first-order valence-corrected chi connectivity index (χ1v) is 8.54. The molecule has 0 radical (unpaired) electrons. The Morgan fingerprint density at radius 2 is 1.80 bits per heavy atom. The molecule has 1 saturated heterocycles. The highest BCUT2D eigenvalue weighted by Gasteiger charge is 2.34. The van der Waals surface area contributed by atoms with Crippen LogP contribution in [0.1, 0.15) is 41.5 Å². The van der Waals surface area contributed by atoms with Crippen LogP contribution in [0.25, 0.3) is 0 Å². The summed E-state index contributed by atoms with van der Waals surface area (Å²) in [6, 6.07) is 0. The van der Waals surface area contributed by atoms with E-state index >= 15 is 0 Å². The molecule has 0 bridgehead atoms. The highest BCUT2D eigenvalue weighted by molar-refractivity contribution is 8.19. The van der Waals surface area contributed by atoms with Crippen LogP contribution in [0.4, 0.5) is 0 Å². The van der Waals surface area contributed by atoms with Gasteiger partial charge in [-0.2, -0.15) is 11.8 Å². The summed E-state index contributed by atoms with van der Waals surface area (Å²) >= 11 is 6.37. The zero-order valence-corrected chi connectivity index (χ0v) is 13.2. The molecule has 15 heavy (non-hydrogen) atoms. The second-order valence-electron chi connectivity index (χ2n) is 5.53. The summed E-state index contributed by atoms with van der Waals surface area (Å²) in [7, 11) is 0. The molecule has 0 aromatic carbocycles. The van der Waals surface area contributed by atoms with Crippen molar-refractivity contribution in [2.24, 2.45) is 5.92 Å². The van der Waals surface area contributed by atoms with E-state index in [9.17, 15) is 0 Å². The normalized spacial score (nSPS) is 22.2. The van der Waals surface area contributed by atoms with Gasteiger partial charge < -0.3 is 0 Å². The second kappa shape index (κ2) is 5.14. The van der Waals surface area contributed by atoms with E-state index in [0.717, 1.165) is 11.2 Å². The molecule has 1 aliphatic heterocycles. The lowest BCUT2D eigenvalue weighted by molar-refractivity contribution is 0.501. The number of hydrogen-bond donors (Lipinski definition) is 0. The Morgan fingerprint density at radius 1 is 1.27 bits per heavy atom. The monoisotopic (exact) mass is 264 g/mol. The highest BCUT2D eigenvalue weighted by Crippen LogP contribution is 2.48. The van der Waals surface area contributed by atoms with Crippen molar-refractivity contribution >= 4 is 35.3 Å². The van der Waals surface area contributed by atoms with Crippen LogP contribution in [0.3, 0.4) is 0 Å². The van der Waals surface area contributed by atoms with Crippen LogP contribution in [0, 0.1) is 5.92 Å². The predicted molar refractivity (Wildman–Crippen MR) is 79.3 cm³/mol. The van der Waals surface area contributed by atoms with Gasteiger partial charge in [0.05, 0.1) is 4.08 Å². The average molecular weight is 265 g/mol. The molecule has 1 aliphatic rings. The quantitative estimate of drug-likeness (QED) is 0.502. The molecule has 0 nitrogen and oxygen atoms in total. The third kappa shape index (κ3) is 5.27. The first-order chi connectivity index (χ1) is 6.73. The van der Waals surface area contributed by atoms with E-state index in [2.05, 4.69) is 76.8 Å². The van der Waals surface area contributed by atoms with Crippen LogP contribution in [0.2, 0.25) is 0 Å². The van der Waals surface area contributed by atoms with Gasteiger partial charge in [-0.15, -0.1) is 23.5 Å². The van der Waals surface area contributed by atoms with Crippen molar-refractivity contribution < 1.29 is 0 Å². The Kier molecular flexibility index (Phi) is 4.83. The van der Waals surface area contributed by atoms with E-state index in [1.807, 2.05) is 0 Å². The summed E-state index contributed by atoms with van der Waals surface area (Å²) in [4.78, 5) is 0. The molecule has 90 valence electrons. The molecule has 1 fully saturated rings. The van der Waals surface area contributed by atoms with Crippen molar-refractivity contribution in [2.45, 2.75) is 55.6 Å². The molecule has 0 aromatic rings. The van der Waals surface area contributed by atoms with E-state index in [1.165, 1.54) is 11.5 Å². The van der Waals surface area contributed by atoms with Crippen molar-refractivity contribution in [1.29, 1.82) is 0 Å². The van der Waals surface area contributed by atoms with Gasteiger partial charge in [-0.05, 0) is 19.8 Å². The van der Waals surface area contributed by atoms with Gasteiger partial charge in [0.2, 0.25) is 0 Å². The standard InChI is InChI=1S/C12H24S3/c1-9(2)11(3,4)15-12(5,6)14-8-10-7-13-10/h9-10H,7-8H2,1-6H3. The lowest BCUT2D eigenvalue weighted by Gasteiger charge is -2.37. The number of hydrogen-bond acceptors (Lipinski definition) is 3. The van der Waals surface area contributed by atoms with Gasteiger partial charge >= 0.3 is 0 Å². The molecular weight excluding hydrogens is 240 g/mol. The maximum atomic E-state index is 2.37. The molecule has 1 unspecified atom stereocenters. The largest absolute Gasteiger partial charge is 0.156 e. The van der Waals surface area contributed by atoms with E-state index < -0.39 is 0 Å². The summed E-state index contributed by atoms with van der Waals surface area (Å²) in [5, 5.41) is 0.956. The Labute approximate surface area is 108 Å². The van der Waals surface area contributed by atoms with E-state index in [1.54, 1.807) is 0 Å². The van der Waals surface area contributed by atoms with Crippen LogP contribution in [-0.4, -0.2) is 25.6 Å². The minimum Gasteiger partial charge on any atom is -0.156 e. The van der Waals surface area contributed by atoms with Crippen molar-refractivity contribution in [1.82, 2.24) is 0 Å². The van der Waals surface area contributed by atoms with Gasteiger partial charge in [-0.3, -0.25) is 0 Å². The predicted octanol–water partition coefficient (Wildman–Crippen LogP) is 4.74. The van der Waals surface area contributed by atoms with Crippen molar-refractivity contribution in [3.05, 3.63) is 0 Å². The highest BCUT2D eigenvalue weighted by atomic mass is 32.2. The molecule has 1 atom stereocenters. The zero-order chi connectivity index (χ0) is 11.7. The Bertz CT molecular complexity index is 205. The van der Waals surface area contributed by atoms with Gasteiger partial charge in [0, 0.05) is 21.5 Å². The SMILES string of the molecule is CC(C)C(C)(C)SC(C)(C)SCC1CS1. The van der Waals surface area contributed by atoms with Crippen molar-refractivity contribution in [2.75, 3.05) is 11.5 Å². The van der Waals surface area contributed by atoms with Gasteiger partial charge in [0.1, 0.15) is 0 Å². The Hall–Kier alpha value is 1.05. The topological polar surface area (TPSA) is 0 Å². The van der Waals surface area contributed by atoms with Gasteiger partial charge in [-0.1, -0.05) is 27.7 Å². The summed E-state index contributed by atoms with van der Waals surface area (Å²) in [6.07, 6.45) is 0. The van der Waals surface area contributed by atoms with Crippen LogP contribution in [-0.2, 0) is 0 Å². The number of thioether (sulfide) groups is 3. The first kappa shape index (κ1) is 14.1. The lowest BCUT2D eigenvalue weighted by Crippen LogP contribution is -2.29. The van der Waals surface area contributed by atoms with E-state index in [4.69, 9.17) is 0 Å². The molecule has 0 spiro atoms. The number of rotatable bonds is 6. The maximum Gasteiger partial charge on any atom is 0.0560 e. The van der Waals surface area contributed by atoms with Crippen LogP contribution < -0.4 is 0 Å². The minimum atomic E-state index is 0.358. The van der Waals surface area contributed by atoms with E-state index in [0.29, 0.717) is 8.83 Å². The first-order valence-electron chi connectivity index (χ1n) is 5.69. The molecule has 0 aromatic heterocycles. The van der Waals surface area contributed by atoms with Crippen LogP contribution in [0.15, 0.2) is 0 Å². The third-order valence-corrected chi connectivity index (χ3v) is 7.46. The summed E-state index contributed by atoms with van der Waals surface area (Å²) < 4.78 is 0.740. The average Bonchev–Trinajstić information content (AvgIpc) is 2.81. The molecule has 0 N–H and O–H groups in total. The van der Waals surface area contributed by atoms with E-state index in [-0.39, 0.29) is 0 Å². The third-order valence-electron chi connectivity index (χ3n) is 2.92. The molecular formula is C12H24S3. The lowest BCUT2D eigenvalue weighted by atomic mass is 10.00. The molecule has 0 aliphatic carbocycles. The fraction of sp³-hybridized carbons (Fsp3) is 1.00. The fourth-order valence-electron chi connectivity index (χ4n) is 1.24. The van der Waals surface area contributed by atoms with Gasteiger partial charge in [0.25, 0.3) is 0 Å². The Balaban J connectivity index is 2.38. The van der Waals surface area contributed by atoms with Crippen molar-refractivity contribution in [3.63, 3.8) is 0 Å². The minimum absolute atomic E-state index is 0.358. The molecule has 0 amide bonds. The fourth-order valence-corrected chi connectivity index (χ4v) is 5.52. The van der Waals surface area contributed by atoms with Crippen LogP contribution in [0.5, 0.6) is 0 Å².